The Morgan fingerprint density at radius 3 is 2.50 bits per heavy atom. The molecule has 0 unspecified atom stereocenters. The minimum Gasteiger partial charge on any atom is -0.378 e. The third kappa shape index (κ3) is 2.32. The highest BCUT2D eigenvalue weighted by Gasteiger charge is 2.20. The second-order valence-electron chi connectivity index (χ2n) is 4.63. The second kappa shape index (κ2) is 4.09. The van der Waals surface area contributed by atoms with Crippen molar-refractivity contribution in [1.29, 1.82) is 0 Å². The van der Waals surface area contributed by atoms with Crippen molar-refractivity contribution in [3.8, 4) is 0 Å². The van der Waals surface area contributed by atoms with Crippen LogP contribution in [0.4, 0.5) is 0 Å². The fourth-order valence-electron chi connectivity index (χ4n) is 1.89. The monoisotopic (exact) mass is 193 g/mol. The van der Waals surface area contributed by atoms with Gasteiger partial charge in [-0.25, -0.2) is 0 Å². The lowest BCUT2D eigenvalue weighted by molar-refractivity contribution is 0.179. The summed E-state index contributed by atoms with van der Waals surface area (Å²) in [5.74, 6) is 0. The van der Waals surface area contributed by atoms with Crippen LogP contribution in [0.25, 0.3) is 0 Å². The molecule has 0 amide bonds. The first kappa shape index (κ1) is 11.2. The standard InChI is InChI=1S/C12H19NO/c1-9-6-7-13-10(8-14-5)11(9)12(2,3)4/h6-7H,8H2,1-5H3. The molecule has 0 aliphatic rings. The summed E-state index contributed by atoms with van der Waals surface area (Å²) in [5, 5.41) is 0. The number of hydrogen-bond donors (Lipinski definition) is 0. The van der Waals surface area contributed by atoms with E-state index in [4.69, 9.17) is 4.74 Å². The van der Waals surface area contributed by atoms with Gasteiger partial charge in [0.05, 0.1) is 12.3 Å². The van der Waals surface area contributed by atoms with Gasteiger partial charge in [-0.15, -0.1) is 0 Å². The second-order valence-corrected chi connectivity index (χ2v) is 4.63. The molecule has 2 heteroatoms. The van der Waals surface area contributed by atoms with Crippen molar-refractivity contribution in [2.75, 3.05) is 7.11 Å². The van der Waals surface area contributed by atoms with Gasteiger partial charge in [0, 0.05) is 13.3 Å². The van der Waals surface area contributed by atoms with Gasteiger partial charge in [-0.3, -0.25) is 4.98 Å². The quantitative estimate of drug-likeness (QED) is 0.720. The molecule has 0 bridgehead atoms. The minimum absolute atomic E-state index is 0.131. The minimum atomic E-state index is 0.131. The van der Waals surface area contributed by atoms with Crippen LogP contribution in [0.2, 0.25) is 0 Å². The number of nitrogens with zero attached hydrogens (tertiary/aromatic N) is 1. The van der Waals surface area contributed by atoms with Crippen molar-refractivity contribution in [3.05, 3.63) is 29.1 Å². The Kier molecular flexibility index (Phi) is 3.27. The first-order chi connectivity index (χ1) is 6.46. The van der Waals surface area contributed by atoms with Crippen molar-refractivity contribution in [2.24, 2.45) is 0 Å². The Bertz CT molecular complexity index is 313. The molecule has 0 aliphatic carbocycles. The number of rotatable bonds is 2. The molecule has 0 spiro atoms. The van der Waals surface area contributed by atoms with Crippen molar-refractivity contribution >= 4 is 0 Å². The van der Waals surface area contributed by atoms with E-state index in [9.17, 15) is 0 Å². The van der Waals surface area contributed by atoms with Gasteiger partial charge >= 0.3 is 0 Å². The van der Waals surface area contributed by atoms with Gasteiger partial charge in [0.15, 0.2) is 0 Å². The number of pyridine rings is 1. The summed E-state index contributed by atoms with van der Waals surface area (Å²) in [6.07, 6.45) is 1.85. The summed E-state index contributed by atoms with van der Waals surface area (Å²) < 4.78 is 5.16. The fraction of sp³-hybridized carbons (Fsp3) is 0.583. The van der Waals surface area contributed by atoms with E-state index in [0.717, 1.165) is 5.69 Å². The van der Waals surface area contributed by atoms with Crippen molar-refractivity contribution in [3.63, 3.8) is 0 Å². The third-order valence-corrected chi connectivity index (χ3v) is 2.27. The molecule has 14 heavy (non-hydrogen) atoms. The van der Waals surface area contributed by atoms with Crippen LogP contribution in [0.5, 0.6) is 0 Å². The fourth-order valence-corrected chi connectivity index (χ4v) is 1.89. The molecule has 0 N–H and O–H groups in total. The Morgan fingerprint density at radius 2 is 2.00 bits per heavy atom. The molecule has 1 aromatic heterocycles. The smallest absolute Gasteiger partial charge is 0.0887 e. The predicted molar refractivity (Wildman–Crippen MR) is 58.4 cm³/mol. The normalized spacial score (nSPS) is 11.8. The zero-order valence-corrected chi connectivity index (χ0v) is 9.72. The molecule has 0 saturated heterocycles. The summed E-state index contributed by atoms with van der Waals surface area (Å²) >= 11 is 0. The summed E-state index contributed by atoms with van der Waals surface area (Å²) in [6, 6.07) is 2.06. The summed E-state index contributed by atoms with van der Waals surface area (Å²) in [5.41, 5.74) is 3.79. The maximum atomic E-state index is 5.16. The molecule has 1 aromatic rings. The summed E-state index contributed by atoms with van der Waals surface area (Å²) in [4.78, 5) is 4.37. The molecule has 1 rings (SSSR count). The van der Waals surface area contributed by atoms with E-state index in [1.54, 1.807) is 7.11 Å². The van der Waals surface area contributed by atoms with Gasteiger partial charge in [-0.1, -0.05) is 20.8 Å². The van der Waals surface area contributed by atoms with Crippen LogP contribution in [0, 0.1) is 6.92 Å². The number of methoxy groups -OCH3 is 1. The molecular weight excluding hydrogens is 174 g/mol. The highest BCUT2D eigenvalue weighted by molar-refractivity contribution is 5.34. The third-order valence-electron chi connectivity index (χ3n) is 2.27. The van der Waals surface area contributed by atoms with E-state index >= 15 is 0 Å². The van der Waals surface area contributed by atoms with E-state index < -0.39 is 0 Å². The number of aromatic nitrogens is 1. The number of aryl methyl sites for hydroxylation is 1. The van der Waals surface area contributed by atoms with Gasteiger partial charge in [0.2, 0.25) is 0 Å². The van der Waals surface area contributed by atoms with Crippen LogP contribution in [-0.2, 0) is 16.8 Å². The lowest BCUT2D eigenvalue weighted by atomic mass is 9.83. The van der Waals surface area contributed by atoms with Crippen LogP contribution in [-0.4, -0.2) is 12.1 Å². The molecule has 0 atom stereocenters. The summed E-state index contributed by atoms with van der Waals surface area (Å²) in [6.45, 7) is 9.33. The predicted octanol–water partition coefficient (Wildman–Crippen LogP) is 2.83. The molecule has 0 fully saturated rings. The van der Waals surface area contributed by atoms with E-state index in [2.05, 4.69) is 38.7 Å². The van der Waals surface area contributed by atoms with Gasteiger partial charge in [-0.2, -0.15) is 0 Å². The Hall–Kier alpha value is -0.890. The van der Waals surface area contributed by atoms with E-state index in [1.807, 2.05) is 6.20 Å². The first-order valence-corrected chi connectivity index (χ1v) is 4.90. The van der Waals surface area contributed by atoms with Crippen LogP contribution in [0.3, 0.4) is 0 Å². The van der Waals surface area contributed by atoms with Crippen molar-refractivity contribution < 1.29 is 4.74 Å². The SMILES string of the molecule is COCc1nccc(C)c1C(C)(C)C. The highest BCUT2D eigenvalue weighted by atomic mass is 16.5. The molecule has 0 aromatic carbocycles. The van der Waals surface area contributed by atoms with Crippen molar-refractivity contribution in [1.82, 2.24) is 4.98 Å². The van der Waals surface area contributed by atoms with Crippen molar-refractivity contribution in [2.45, 2.75) is 39.7 Å². The van der Waals surface area contributed by atoms with E-state index in [0.29, 0.717) is 6.61 Å². The Labute approximate surface area is 86.3 Å². The maximum Gasteiger partial charge on any atom is 0.0887 e. The van der Waals surface area contributed by atoms with E-state index in [-0.39, 0.29) is 5.41 Å². The zero-order valence-electron chi connectivity index (χ0n) is 9.72. The largest absolute Gasteiger partial charge is 0.378 e. The topological polar surface area (TPSA) is 22.1 Å². The van der Waals surface area contributed by atoms with Crippen LogP contribution >= 0.6 is 0 Å². The van der Waals surface area contributed by atoms with Gasteiger partial charge < -0.3 is 4.74 Å². The molecule has 2 nitrogen and oxygen atoms in total. The first-order valence-electron chi connectivity index (χ1n) is 4.90. The Balaban J connectivity index is 3.22. The number of ether oxygens (including phenoxy) is 1. The molecule has 0 saturated carbocycles. The molecule has 0 radical (unpaired) electrons. The molecular formula is C12H19NO. The molecule has 78 valence electrons. The highest BCUT2D eigenvalue weighted by Crippen LogP contribution is 2.28. The zero-order chi connectivity index (χ0) is 10.8. The molecule has 1 heterocycles. The Morgan fingerprint density at radius 1 is 1.36 bits per heavy atom. The lowest BCUT2D eigenvalue weighted by Gasteiger charge is -2.24. The maximum absolute atomic E-state index is 5.16. The van der Waals surface area contributed by atoms with Crippen LogP contribution in [0.1, 0.15) is 37.6 Å². The molecule has 0 aliphatic heterocycles. The van der Waals surface area contributed by atoms with Gasteiger partial charge in [0.1, 0.15) is 0 Å². The van der Waals surface area contributed by atoms with Gasteiger partial charge in [-0.05, 0) is 29.5 Å². The summed E-state index contributed by atoms with van der Waals surface area (Å²) in [7, 11) is 1.70. The van der Waals surface area contributed by atoms with Gasteiger partial charge in [0.25, 0.3) is 0 Å². The average Bonchev–Trinajstić information content (AvgIpc) is 2.02. The van der Waals surface area contributed by atoms with Crippen LogP contribution in [0.15, 0.2) is 12.3 Å². The number of hydrogen-bond acceptors (Lipinski definition) is 2. The van der Waals surface area contributed by atoms with E-state index in [1.165, 1.54) is 11.1 Å². The van der Waals surface area contributed by atoms with Crippen LogP contribution < -0.4 is 0 Å². The average molecular weight is 193 g/mol. The lowest BCUT2D eigenvalue weighted by Crippen LogP contribution is -2.17.